The average Bonchev–Trinajstić information content (AvgIpc) is 2.56. The Labute approximate surface area is 134 Å². The van der Waals surface area contributed by atoms with Gasteiger partial charge in [0.1, 0.15) is 5.75 Å². The van der Waals surface area contributed by atoms with Gasteiger partial charge in [-0.05, 0) is 29.8 Å². The Bertz CT molecular complexity index is 993. The minimum absolute atomic E-state index is 0.0678. The van der Waals surface area contributed by atoms with E-state index in [1.54, 1.807) is 31.4 Å². The smallest absolute Gasteiger partial charge is 0.329 e. The van der Waals surface area contributed by atoms with Gasteiger partial charge in [-0.15, -0.1) is 0 Å². The maximum absolute atomic E-state index is 13.9. The van der Waals surface area contributed by atoms with Gasteiger partial charge in [0, 0.05) is 0 Å². The number of fused-ring (bicyclic) bond motifs is 1. The molecule has 0 saturated carbocycles. The second-order valence-electron chi connectivity index (χ2n) is 4.95. The van der Waals surface area contributed by atoms with E-state index < -0.39 is 17.1 Å². The van der Waals surface area contributed by atoms with E-state index in [0.717, 1.165) is 10.1 Å². The second kappa shape index (κ2) is 5.89. The van der Waals surface area contributed by atoms with Gasteiger partial charge in [-0.1, -0.05) is 23.7 Å². The molecule has 0 spiro atoms. The molecule has 0 aliphatic carbocycles. The normalized spacial score (nSPS) is 10.9. The molecule has 118 valence electrons. The number of ether oxygens (including phenoxy) is 1. The molecule has 5 nitrogen and oxygen atoms in total. The first-order chi connectivity index (χ1) is 11.0. The predicted octanol–water partition coefficient (Wildman–Crippen LogP) is 2.54. The van der Waals surface area contributed by atoms with Crippen LogP contribution in [0.1, 0.15) is 5.56 Å². The standard InChI is InChI=1S/C16H12ClFN2O3/c1-23-10-4-2-9(3-5-10)8-20-15(21)11-6-7-12(17)13(18)14(11)19-16(20)22/h2-7H,8H2,1H3,(H,19,22). The molecule has 3 aromatic rings. The number of rotatable bonds is 3. The minimum Gasteiger partial charge on any atom is -0.497 e. The van der Waals surface area contributed by atoms with Crippen LogP contribution in [0.4, 0.5) is 4.39 Å². The predicted molar refractivity (Wildman–Crippen MR) is 85.9 cm³/mol. The van der Waals surface area contributed by atoms with Crippen molar-refractivity contribution in [2.75, 3.05) is 7.11 Å². The Morgan fingerprint density at radius 2 is 1.87 bits per heavy atom. The van der Waals surface area contributed by atoms with Crippen LogP contribution in [-0.4, -0.2) is 16.7 Å². The van der Waals surface area contributed by atoms with Crippen LogP contribution < -0.4 is 16.0 Å². The Morgan fingerprint density at radius 1 is 1.17 bits per heavy atom. The number of benzene rings is 2. The van der Waals surface area contributed by atoms with Crippen molar-refractivity contribution in [3.8, 4) is 5.75 Å². The first kappa shape index (κ1) is 15.3. The van der Waals surface area contributed by atoms with Crippen molar-refractivity contribution >= 4 is 22.5 Å². The van der Waals surface area contributed by atoms with Gasteiger partial charge < -0.3 is 9.72 Å². The zero-order valence-electron chi connectivity index (χ0n) is 12.1. The van der Waals surface area contributed by atoms with Crippen LogP contribution in [0.3, 0.4) is 0 Å². The summed E-state index contributed by atoms with van der Waals surface area (Å²) in [5.74, 6) is -0.139. The molecular weight excluding hydrogens is 323 g/mol. The lowest BCUT2D eigenvalue weighted by molar-refractivity contribution is 0.414. The lowest BCUT2D eigenvalue weighted by atomic mass is 10.2. The van der Waals surface area contributed by atoms with Crippen molar-refractivity contribution in [2.45, 2.75) is 6.54 Å². The largest absolute Gasteiger partial charge is 0.497 e. The van der Waals surface area contributed by atoms with E-state index in [2.05, 4.69) is 4.98 Å². The van der Waals surface area contributed by atoms with Crippen molar-refractivity contribution in [2.24, 2.45) is 0 Å². The highest BCUT2D eigenvalue weighted by atomic mass is 35.5. The van der Waals surface area contributed by atoms with Gasteiger partial charge in [0.25, 0.3) is 5.56 Å². The Hall–Kier alpha value is -2.60. The number of hydrogen-bond acceptors (Lipinski definition) is 3. The van der Waals surface area contributed by atoms with Gasteiger partial charge in [0.05, 0.1) is 29.6 Å². The molecule has 0 amide bonds. The second-order valence-corrected chi connectivity index (χ2v) is 5.36. The molecule has 0 radical (unpaired) electrons. The van der Waals surface area contributed by atoms with E-state index in [1.165, 1.54) is 12.1 Å². The number of aromatic amines is 1. The number of nitrogens with one attached hydrogen (secondary N) is 1. The quantitative estimate of drug-likeness (QED) is 0.800. The third-order valence-corrected chi connectivity index (χ3v) is 3.84. The fourth-order valence-corrected chi connectivity index (χ4v) is 2.48. The third-order valence-electron chi connectivity index (χ3n) is 3.55. The first-order valence-corrected chi connectivity index (χ1v) is 7.13. The molecule has 0 aliphatic heterocycles. The number of nitrogens with zero attached hydrogens (tertiary/aromatic N) is 1. The summed E-state index contributed by atoms with van der Waals surface area (Å²) in [6, 6.07) is 9.64. The fraction of sp³-hybridized carbons (Fsp3) is 0.125. The highest BCUT2D eigenvalue weighted by Gasteiger charge is 2.13. The first-order valence-electron chi connectivity index (χ1n) is 6.75. The summed E-state index contributed by atoms with van der Waals surface area (Å²) >= 11 is 5.67. The summed E-state index contributed by atoms with van der Waals surface area (Å²) in [6.45, 7) is 0.0678. The zero-order valence-corrected chi connectivity index (χ0v) is 12.9. The van der Waals surface area contributed by atoms with Crippen LogP contribution in [-0.2, 0) is 6.54 Å². The SMILES string of the molecule is COc1ccc(Cn2c(=O)[nH]c3c(F)c(Cl)ccc3c2=O)cc1. The minimum atomic E-state index is -0.810. The Balaban J connectivity index is 2.12. The maximum Gasteiger partial charge on any atom is 0.329 e. The Kier molecular flexibility index (Phi) is 3.92. The van der Waals surface area contributed by atoms with Gasteiger partial charge in [-0.25, -0.2) is 9.18 Å². The molecule has 23 heavy (non-hydrogen) atoms. The van der Waals surface area contributed by atoms with Gasteiger partial charge in [-0.3, -0.25) is 9.36 Å². The lowest BCUT2D eigenvalue weighted by Crippen LogP contribution is -2.35. The molecule has 0 atom stereocenters. The van der Waals surface area contributed by atoms with E-state index >= 15 is 0 Å². The molecule has 1 aromatic heterocycles. The zero-order chi connectivity index (χ0) is 16.6. The maximum atomic E-state index is 13.9. The number of hydrogen-bond donors (Lipinski definition) is 1. The molecule has 7 heteroatoms. The molecule has 0 unspecified atom stereocenters. The van der Waals surface area contributed by atoms with Crippen LogP contribution >= 0.6 is 11.6 Å². The summed E-state index contributed by atoms with van der Waals surface area (Å²) in [4.78, 5) is 26.9. The summed E-state index contributed by atoms with van der Waals surface area (Å²) < 4.78 is 20.0. The van der Waals surface area contributed by atoms with Gasteiger partial charge in [0.2, 0.25) is 0 Å². The molecular formula is C16H12ClFN2O3. The molecule has 1 N–H and O–H groups in total. The van der Waals surface area contributed by atoms with E-state index in [1.807, 2.05) is 0 Å². The van der Waals surface area contributed by atoms with Crippen LogP contribution in [0.25, 0.3) is 10.9 Å². The van der Waals surface area contributed by atoms with Crippen molar-refractivity contribution in [3.05, 3.63) is 73.6 Å². The van der Waals surface area contributed by atoms with Crippen molar-refractivity contribution in [1.29, 1.82) is 0 Å². The molecule has 0 aliphatic rings. The summed E-state index contributed by atoms with van der Waals surface area (Å²) in [5.41, 5.74) is -0.708. The molecule has 3 rings (SSSR count). The van der Waals surface area contributed by atoms with Gasteiger partial charge in [0.15, 0.2) is 5.82 Å². The molecule has 0 saturated heterocycles. The highest BCUT2D eigenvalue weighted by molar-refractivity contribution is 6.31. The summed E-state index contributed by atoms with van der Waals surface area (Å²) in [5, 5.41) is -0.0829. The van der Waals surface area contributed by atoms with E-state index in [-0.39, 0.29) is 22.5 Å². The highest BCUT2D eigenvalue weighted by Crippen LogP contribution is 2.20. The number of aromatic nitrogens is 2. The molecule has 0 fully saturated rings. The molecule has 1 heterocycles. The lowest BCUT2D eigenvalue weighted by Gasteiger charge is -2.08. The van der Waals surface area contributed by atoms with E-state index in [9.17, 15) is 14.0 Å². The summed E-state index contributed by atoms with van der Waals surface area (Å²) in [6.07, 6.45) is 0. The topological polar surface area (TPSA) is 64.1 Å². The monoisotopic (exact) mass is 334 g/mol. The van der Waals surface area contributed by atoms with Crippen LogP contribution in [0.2, 0.25) is 5.02 Å². The number of halogens is 2. The van der Waals surface area contributed by atoms with Crippen molar-refractivity contribution in [1.82, 2.24) is 9.55 Å². The van der Waals surface area contributed by atoms with E-state index in [4.69, 9.17) is 16.3 Å². The third kappa shape index (κ3) is 2.73. The van der Waals surface area contributed by atoms with Crippen LogP contribution in [0.5, 0.6) is 5.75 Å². The van der Waals surface area contributed by atoms with Crippen LogP contribution in [0, 0.1) is 5.82 Å². The molecule has 0 bridgehead atoms. The van der Waals surface area contributed by atoms with Crippen LogP contribution in [0.15, 0.2) is 46.0 Å². The number of methoxy groups -OCH3 is 1. The van der Waals surface area contributed by atoms with E-state index in [0.29, 0.717) is 5.75 Å². The van der Waals surface area contributed by atoms with Crippen molar-refractivity contribution < 1.29 is 9.13 Å². The van der Waals surface area contributed by atoms with Crippen molar-refractivity contribution in [3.63, 3.8) is 0 Å². The van der Waals surface area contributed by atoms with Gasteiger partial charge in [-0.2, -0.15) is 0 Å². The average molecular weight is 335 g/mol. The van der Waals surface area contributed by atoms with Gasteiger partial charge >= 0.3 is 5.69 Å². The fourth-order valence-electron chi connectivity index (χ4n) is 2.32. The summed E-state index contributed by atoms with van der Waals surface area (Å²) in [7, 11) is 1.55. The molecule has 2 aromatic carbocycles. The number of H-pyrrole nitrogens is 1. The Morgan fingerprint density at radius 3 is 2.52 bits per heavy atom.